The number of ether oxygens (including phenoxy) is 1. The Morgan fingerprint density at radius 3 is 2.43 bits per heavy atom. The van der Waals surface area contributed by atoms with E-state index in [4.69, 9.17) is 4.74 Å². The van der Waals surface area contributed by atoms with Gasteiger partial charge in [-0.15, -0.1) is 0 Å². The minimum Gasteiger partial charge on any atom is -0.479 e. The molecule has 30 heavy (non-hydrogen) atoms. The maximum atomic E-state index is 14.5. The Hall–Kier alpha value is -3.81. The van der Waals surface area contributed by atoms with Gasteiger partial charge >= 0.3 is 5.69 Å². The number of para-hydroxylation sites is 1. The molecular weight excluding hydrogens is 387 g/mol. The third kappa shape index (κ3) is 3.16. The smallest absolute Gasteiger partial charge is 0.334 e. The van der Waals surface area contributed by atoms with Crippen molar-refractivity contribution in [3.8, 4) is 22.8 Å². The molecule has 152 valence electrons. The Balaban J connectivity index is 2.16. The average Bonchev–Trinajstić information content (AvgIpc) is 2.73. The van der Waals surface area contributed by atoms with Gasteiger partial charge in [-0.25, -0.2) is 23.7 Å². The first-order chi connectivity index (χ1) is 14.4. The Morgan fingerprint density at radius 2 is 1.73 bits per heavy atom. The van der Waals surface area contributed by atoms with E-state index < -0.39 is 17.1 Å². The van der Waals surface area contributed by atoms with E-state index in [0.717, 1.165) is 5.56 Å². The van der Waals surface area contributed by atoms with Gasteiger partial charge in [0, 0.05) is 5.56 Å². The highest BCUT2D eigenvalue weighted by Crippen LogP contribution is 2.30. The van der Waals surface area contributed by atoms with Crippen molar-refractivity contribution >= 4 is 11.2 Å². The number of hydrogen-bond donors (Lipinski definition) is 1. The molecule has 0 radical (unpaired) electrons. The number of halogens is 1. The predicted octanol–water partition coefficient (Wildman–Crippen LogP) is 3.41. The van der Waals surface area contributed by atoms with Gasteiger partial charge in [-0.1, -0.05) is 44.2 Å². The lowest BCUT2D eigenvalue weighted by molar-refractivity contribution is 0.399. The highest BCUT2D eigenvalue weighted by molar-refractivity contribution is 5.78. The molecule has 4 rings (SSSR count). The lowest BCUT2D eigenvalue weighted by Crippen LogP contribution is -2.31. The fraction of sp³-hybridized carbons (Fsp3) is 0.182. The van der Waals surface area contributed by atoms with Crippen molar-refractivity contribution in [3.05, 3.63) is 80.7 Å². The second-order valence-electron chi connectivity index (χ2n) is 7.04. The van der Waals surface area contributed by atoms with Gasteiger partial charge in [0.05, 0.1) is 12.8 Å². The number of rotatable bonds is 4. The molecular formula is C22H19FN4O3. The molecule has 8 heteroatoms. The molecule has 0 saturated carbocycles. The number of nitrogens with one attached hydrogen (secondary N) is 1. The van der Waals surface area contributed by atoms with Crippen LogP contribution in [0.1, 0.15) is 25.3 Å². The number of aromatic nitrogens is 4. The van der Waals surface area contributed by atoms with Crippen molar-refractivity contribution < 1.29 is 9.13 Å². The van der Waals surface area contributed by atoms with E-state index in [2.05, 4.69) is 15.0 Å². The second kappa shape index (κ2) is 7.55. The normalized spacial score (nSPS) is 11.2. The molecule has 0 aliphatic rings. The summed E-state index contributed by atoms with van der Waals surface area (Å²) in [6.45, 7) is 3.99. The maximum absolute atomic E-state index is 14.5. The minimum atomic E-state index is -0.695. The number of hydrogen-bond acceptors (Lipinski definition) is 5. The highest BCUT2D eigenvalue weighted by Gasteiger charge is 2.21. The van der Waals surface area contributed by atoms with Crippen LogP contribution in [0.15, 0.2) is 58.1 Å². The van der Waals surface area contributed by atoms with Crippen LogP contribution in [0.3, 0.4) is 0 Å². The van der Waals surface area contributed by atoms with Gasteiger partial charge in [-0.3, -0.25) is 9.78 Å². The van der Waals surface area contributed by atoms with Crippen LogP contribution in [0, 0.1) is 5.82 Å². The summed E-state index contributed by atoms with van der Waals surface area (Å²) in [5, 5.41) is 0. The van der Waals surface area contributed by atoms with Crippen LogP contribution in [0.25, 0.3) is 28.1 Å². The number of H-pyrrole nitrogens is 1. The third-order valence-electron chi connectivity index (χ3n) is 4.82. The van der Waals surface area contributed by atoms with Gasteiger partial charge in [-0.2, -0.15) is 0 Å². The molecule has 7 nitrogen and oxygen atoms in total. The molecule has 0 fully saturated rings. The summed E-state index contributed by atoms with van der Waals surface area (Å²) in [4.78, 5) is 36.4. The van der Waals surface area contributed by atoms with Crippen LogP contribution in [-0.2, 0) is 0 Å². The Kier molecular flexibility index (Phi) is 4.91. The first-order valence-electron chi connectivity index (χ1n) is 9.37. The Morgan fingerprint density at radius 1 is 1.03 bits per heavy atom. The fourth-order valence-electron chi connectivity index (χ4n) is 3.40. The van der Waals surface area contributed by atoms with Gasteiger partial charge in [0.1, 0.15) is 11.5 Å². The summed E-state index contributed by atoms with van der Waals surface area (Å²) in [7, 11) is 1.36. The minimum absolute atomic E-state index is 0.0135. The van der Waals surface area contributed by atoms with Crippen molar-refractivity contribution in [1.82, 2.24) is 19.5 Å². The SMILES string of the molecule is COc1nc2c(=O)[nH]c(=O)n(-c3ccccc3C(C)C)c2nc1-c1ccccc1F. The summed E-state index contributed by atoms with van der Waals surface area (Å²) in [6, 6.07) is 13.4. The molecule has 4 aromatic rings. The molecule has 0 aliphatic carbocycles. The van der Waals surface area contributed by atoms with Crippen molar-refractivity contribution in [2.75, 3.05) is 7.11 Å². The third-order valence-corrected chi connectivity index (χ3v) is 4.82. The van der Waals surface area contributed by atoms with Gasteiger partial charge < -0.3 is 4.74 Å². The van der Waals surface area contributed by atoms with Crippen LogP contribution in [-0.4, -0.2) is 26.6 Å². The standard InChI is InChI=1S/C22H19FN4O3/c1-12(2)13-8-5-7-11-16(13)27-19-18(20(28)26-22(27)29)25-21(30-3)17(24-19)14-9-4-6-10-15(14)23/h4-12H,1-3H3,(H,26,28,29). The zero-order valence-electron chi connectivity index (χ0n) is 16.6. The van der Waals surface area contributed by atoms with Crippen LogP contribution in [0.2, 0.25) is 0 Å². The maximum Gasteiger partial charge on any atom is 0.334 e. The zero-order valence-corrected chi connectivity index (χ0v) is 16.6. The summed E-state index contributed by atoms with van der Waals surface area (Å²) in [6.07, 6.45) is 0. The number of aromatic amines is 1. The Bertz CT molecular complexity index is 1380. The van der Waals surface area contributed by atoms with Crippen molar-refractivity contribution in [2.24, 2.45) is 0 Å². The molecule has 0 aliphatic heterocycles. The first kappa shape index (κ1) is 19.5. The van der Waals surface area contributed by atoms with Gasteiger partial charge in [0.25, 0.3) is 5.56 Å². The van der Waals surface area contributed by atoms with Crippen LogP contribution in [0.4, 0.5) is 4.39 Å². The van der Waals surface area contributed by atoms with Crippen molar-refractivity contribution in [1.29, 1.82) is 0 Å². The summed E-state index contributed by atoms with van der Waals surface area (Å²) >= 11 is 0. The highest BCUT2D eigenvalue weighted by atomic mass is 19.1. The quantitative estimate of drug-likeness (QED) is 0.561. The molecule has 0 bridgehead atoms. The average molecular weight is 406 g/mol. The van der Waals surface area contributed by atoms with E-state index in [9.17, 15) is 14.0 Å². The lowest BCUT2D eigenvalue weighted by Gasteiger charge is -2.16. The van der Waals surface area contributed by atoms with E-state index in [-0.39, 0.29) is 34.2 Å². The van der Waals surface area contributed by atoms with E-state index in [0.29, 0.717) is 5.69 Å². The number of nitrogens with zero attached hydrogens (tertiary/aromatic N) is 3. The molecule has 2 heterocycles. The summed E-state index contributed by atoms with van der Waals surface area (Å²) in [5.41, 5.74) is 0.305. The molecule has 1 N–H and O–H groups in total. The molecule has 0 atom stereocenters. The van der Waals surface area contributed by atoms with Gasteiger partial charge in [0.15, 0.2) is 11.2 Å². The topological polar surface area (TPSA) is 89.9 Å². The fourth-order valence-corrected chi connectivity index (χ4v) is 3.40. The molecule has 2 aromatic carbocycles. The molecule has 0 saturated heterocycles. The zero-order chi connectivity index (χ0) is 21.4. The largest absolute Gasteiger partial charge is 0.479 e. The van der Waals surface area contributed by atoms with Crippen molar-refractivity contribution in [2.45, 2.75) is 19.8 Å². The second-order valence-corrected chi connectivity index (χ2v) is 7.04. The lowest BCUT2D eigenvalue weighted by atomic mass is 10.0. The molecule has 0 spiro atoms. The van der Waals surface area contributed by atoms with Crippen LogP contribution in [0.5, 0.6) is 5.88 Å². The number of benzene rings is 2. The van der Waals surface area contributed by atoms with Gasteiger partial charge in [-0.05, 0) is 29.7 Å². The molecule has 0 amide bonds. The predicted molar refractivity (Wildman–Crippen MR) is 112 cm³/mol. The molecule has 2 aromatic heterocycles. The first-order valence-corrected chi connectivity index (χ1v) is 9.37. The summed E-state index contributed by atoms with van der Waals surface area (Å²) in [5.74, 6) is -0.432. The summed E-state index contributed by atoms with van der Waals surface area (Å²) < 4.78 is 21.1. The molecule has 0 unspecified atom stereocenters. The van der Waals surface area contributed by atoms with Gasteiger partial charge in [0.2, 0.25) is 5.88 Å². The van der Waals surface area contributed by atoms with Crippen molar-refractivity contribution in [3.63, 3.8) is 0 Å². The van der Waals surface area contributed by atoms with Crippen LogP contribution >= 0.6 is 0 Å². The van der Waals surface area contributed by atoms with E-state index in [1.807, 2.05) is 26.0 Å². The number of fused-ring (bicyclic) bond motifs is 1. The van der Waals surface area contributed by atoms with Crippen LogP contribution < -0.4 is 16.0 Å². The van der Waals surface area contributed by atoms with E-state index in [1.165, 1.54) is 23.8 Å². The number of methoxy groups -OCH3 is 1. The van der Waals surface area contributed by atoms with E-state index in [1.54, 1.807) is 24.3 Å². The Labute approximate surface area is 170 Å². The monoisotopic (exact) mass is 406 g/mol. The van der Waals surface area contributed by atoms with E-state index >= 15 is 0 Å².